The van der Waals surface area contributed by atoms with Gasteiger partial charge in [-0.3, -0.25) is 4.79 Å². The standard InChI is InChI=1S/C25H34N4O3S2/c1-7-28(8-2)34(31,32)19-13-14-22-21(15-19)26-25(29(22)9-3)33-16-23(30)27-24-18(6)11-10-12-20(24)17(4)5/h10-15,17H,7-9,16H2,1-6H3,(H,27,30). The smallest absolute Gasteiger partial charge is 0.243 e. The molecule has 0 aliphatic carbocycles. The van der Waals surface area contributed by atoms with Crippen LogP contribution in [0.5, 0.6) is 0 Å². The number of carbonyl (C=O) groups is 1. The summed E-state index contributed by atoms with van der Waals surface area (Å²) < 4.78 is 29.3. The summed E-state index contributed by atoms with van der Waals surface area (Å²) in [6.45, 7) is 13.4. The summed E-state index contributed by atoms with van der Waals surface area (Å²) in [4.78, 5) is 17.7. The molecule has 0 fully saturated rings. The molecule has 1 heterocycles. The van der Waals surface area contributed by atoms with Crippen LogP contribution >= 0.6 is 11.8 Å². The van der Waals surface area contributed by atoms with Gasteiger partial charge in [-0.25, -0.2) is 13.4 Å². The van der Waals surface area contributed by atoms with Crippen LogP contribution in [-0.2, 0) is 21.4 Å². The van der Waals surface area contributed by atoms with E-state index in [1.807, 2.05) is 50.5 Å². The van der Waals surface area contributed by atoms with E-state index in [1.165, 1.54) is 16.1 Å². The monoisotopic (exact) mass is 502 g/mol. The van der Waals surface area contributed by atoms with Crippen LogP contribution in [0, 0.1) is 6.92 Å². The lowest BCUT2D eigenvalue weighted by Crippen LogP contribution is -2.30. The Balaban J connectivity index is 1.84. The quantitative estimate of drug-likeness (QED) is 0.383. The molecule has 0 unspecified atom stereocenters. The molecule has 9 heteroatoms. The van der Waals surface area contributed by atoms with Crippen LogP contribution < -0.4 is 5.32 Å². The molecular weight excluding hydrogens is 468 g/mol. The Hall–Kier alpha value is -2.36. The first-order valence-corrected chi connectivity index (χ1v) is 14.1. The van der Waals surface area contributed by atoms with Crippen molar-refractivity contribution in [2.75, 3.05) is 24.2 Å². The number of nitrogens with one attached hydrogen (secondary N) is 1. The van der Waals surface area contributed by atoms with Gasteiger partial charge in [-0.15, -0.1) is 0 Å². The van der Waals surface area contributed by atoms with Crippen LogP contribution in [0.3, 0.4) is 0 Å². The molecule has 0 saturated carbocycles. The Kier molecular flexibility index (Phi) is 8.43. The van der Waals surface area contributed by atoms with Gasteiger partial charge in [-0.1, -0.05) is 57.7 Å². The molecule has 7 nitrogen and oxygen atoms in total. The van der Waals surface area contributed by atoms with Crippen molar-refractivity contribution in [3.05, 3.63) is 47.5 Å². The molecule has 2 aromatic carbocycles. The number of para-hydroxylation sites is 1. The van der Waals surface area contributed by atoms with Gasteiger partial charge >= 0.3 is 0 Å². The number of rotatable bonds is 10. The van der Waals surface area contributed by atoms with E-state index in [4.69, 9.17) is 0 Å². The molecule has 1 aromatic heterocycles. The maximum absolute atomic E-state index is 12.9. The number of imidazole rings is 1. The molecule has 34 heavy (non-hydrogen) atoms. The number of aryl methyl sites for hydroxylation is 2. The first-order chi connectivity index (χ1) is 16.1. The van der Waals surface area contributed by atoms with Gasteiger partial charge in [-0.05, 0) is 49.1 Å². The lowest BCUT2D eigenvalue weighted by atomic mass is 9.98. The number of nitrogens with zero attached hydrogens (tertiary/aromatic N) is 3. The molecule has 184 valence electrons. The largest absolute Gasteiger partial charge is 0.325 e. The van der Waals surface area contributed by atoms with E-state index >= 15 is 0 Å². The summed E-state index contributed by atoms with van der Waals surface area (Å²) in [7, 11) is -3.57. The highest BCUT2D eigenvalue weighted by molar-refractivity contribution is 7.99. The third kappa shape index (κ3) is 5.31. The minimum atomic E-state index is -3.57. The molecular formula is C25H34N4O3S2. The van der Waals surface area contributed by atoms with E-state index in [0.717, 1.165) is 22.3 Å². The highest BCUT2D eigenvalue weighted by Gasteiger charge is 2.23. The van der Waals surface area contributed by atoms with E-state index in [1.54, 1.807) is 18.2 Å². The molecule has 3 aromatic rings. The summed E-state index contributed by atoms with van der Waals surface area (Å²) >= 11 is 1.35. The molecule has 3 rings (SSSR count). The number of thioether (sulfide) groups is 1. The van der Waals surface area contributed by atoms with Crippen LogP contribution in [0.25, 0.3) is 11.0 Å². The van der Waals surface area contributed by atoms with Gasteiger partial charge in [-0.2, -0.15) is 4.31 Å². The van der Waals surface area contributed by atoms with Gasteiger partial charge in [0.15, 0.2) is 5.16 Å². The number of carbonyl (C=O) groups excluding carboxylic acids is 1. The molecule has 0 aliphatic rings. The molecule has 0 bridgehead atoms. The summed E-state index contributed by atoms with van der Waals surface area (Å²) in [6, 6.07) is 11.1. The van der Waals surface area contributed by atoms with Gasteiger partial charge in [0.25, 0.3) is 0 Å². The minimum Gasteiger partial charge on any atom is -0.325 e. The van der Waals surface area contributed by atoms with Crippen molar-refractivity contribution in [1.29, 1.82) is 0 Å². The molecule has 1 N–H and O–H groups in total. The lowest BCUT2D eigenvalue weighted by molar-refractivity contribution is -0.113. The second kappa shape index (κ2) is 10.9. The lowest BCUT2D eigenvalue weighted by Gasteiger charge is -2.18. The van der Waals surface area contributed by atoms with Crippen molar-refractivity contribution in [3.8, 4) is 0 Å². The number of benzene rings is 2. The SMILES string of the molecule is CCN(CC)S(=O)(=O)c1ccc2c(c1)nc(SCC(=O)Nc1c(C)cccc1C(C)C)n2CC. The highest BCUT2D eigenvalue weighted by atomic mass is 32.2. The zero-order valence-electron chi connectivity index (χ0n) is 20.8. The second-order valence-corrected chi connectivity index (χ2v) is 11.3. The molecule has 1 amide bonds. The maximum Gasteiger partial charge on any atom is 0.243 e. The van der Waals surface area contributed by atoms with Gasteiger partial charge in [0.2, 0.25) is 15.9 Å². The van der Waals surface area contributed by atoms with Gasteiger partial charge in [0, 0.05) is 25.3 Å². The van der Waals surface area contributed by atoms with E-state index in [9.17, 15) is 13.2 Å². The number of fused-ring (bicyclic) bond motifs is 1. The average Bonchev–Trinajstić information content (AvgIpc) is 3.16. The minimum absolute atomic E-state index is 0.0966. The third-order valence-corrected chi connectivity index (χ3v) is 8.89. The normalized spacial score (nSPS) is 12.1. The average molecular weight is 503 g/mol. The first-order valence-electron chi connectivity index (χ1n) is 11.7. The van der Waals surface area contributed by atoms with Crippen molar-refractivity contribution in [1.82, 2.24) is 13.9 Å². The van der Waals surface area contributed by atoms with Crippen molar-refractivity contribution in [3.63, 3.8) is 0 Å². The van der Waals surface area contributed by atoms with Crippen LogP contribution in [0.4, 0.5) is 5.69 Å². The Morgan fingerprint density at radius 2 is 1.85 bits per heavy atom. The predicted octanol–water partition coefficient (Wildman–Crippen LogP) is 5.25. The first kappa shape index (κ1) is 26.2. The maximum atomic E-state index is 12.9. The number of hydrogen-bond donors (Lipinski definition) is 1. The van der Waals surface area contributed by atoms with Crippen molar-refractivity contribution in [2.24, 2.45) is 0 Å². The zero-order valence-corrected chi connectivity index (χ0v) is 22.4. The van der Waals surface area contributed by atoms with Crippen LogP contribution in [0.1, 0.15) is 51.7 Å². The predicted molar refractivity (Wildman–Crippen MR) is 140 cm³/mol. The Labute approximate surface area is 207 Å². The van der Waals surface area contributed by atoms with E-state index in [2.05, 4.69) is 24.1 Å². The van der Waals surface area contributed by atoms with Crippen molar-refractivity contribution >= 4 is 44.4 Å². The summed E-state index contributed by atoms with van der Waals surface area (Å²) in [6.07, 6.45) is 0. The fraction of sp³-hybridized carbons (Fsp3) is 0.440. The summed E-state index contributed by atoms with van der Waals surface area (Å²) in [5.74, 6) is 0.412. The number of hydrogen-bond acceptors (Lipinski definition) is 5. The number of aromatic nitrogens is 2. The molecule has 0 saturated heterocycles. The summed E-state index contributed by atoms with van der Waals surface area (Å²) in [5, 5.41) is 3.77. The summed E-state index contributed by atoms with van der Waals surface area (Å²) in [5.41, 5.74) is 4.48. The fourth-order valence-electron chi connectivity index (χ4n) is 4.02. The van der Waals surface area contributed by atoms with Crippen molar-refractivity contribution < 1.29 is 13.2 Å². The molecule has 0 radical (unpaired) electrons. The van der Waals surface area contributed by atoms with Crippen LogP contribution in [0.15, 0.2) is 46.5 Å². The third-order valence-electron chi connectivity index (χ3n) is 5.87. The topological polar surface area (TPSA) is 84.3 Å². The number of sulfonamides is 1. The second-order valence-electron chi connectivity index (χ2n) is 8.41. The molecule has 0 atom stereocenters. The Bertz CT molecular complexity index is 1280. The number of amides is 1. The van der Waals surface area contributed by atoms with Crippen molar-refractivity contribution in [2.45, 2.75) is 64.1 Å². The van der Waals surface area contributed by atoms with Crippen LogP contribution in [0.2, 0.25) is 0 Å². The molecule has 0 spiro atoms. The Morgan fingerprint density at radius 1 is 1.15 bits per heavy atom. The van der Waals surface area contributed by atoms with Gasteiger partial charge in [0.1, 0.15) is 0 Å². The van der Waals surface area contributed by atoms with E-state index in [-0.39, 0.29) is 16.6 Å². The zero-order chi connectivity index (χ0) is 25.0. The van der Waals surface area contributed by atoms with Gasteiger partial charge < -0.3 is 9.88 Å². The van der Waals surface area contributed by atoms with E-state index < -0.39 is 10.0 Å². The van der Waals surface area contributed by atoms with Crippen LogP contribution in [-0.4, -0.2) is 47.0 Å². The number of anilines is 1. The molecule has 0 aliphatic heterocycles. The van der Waals surface area contributed by atoms with Gasteiger partial charge in [0.05, 0.1) is 21.7 Å². The fourth-order valence-corrected chi connectivity index (χ4v) is 6.38. The van der Waals surface area contributed by atoms with E-state index in [0.29, 0.717) is 36.2 Å². The Morgan fingerprint density at radius 3 is 2.47 bits per heavy atom. The highest BCUT2D eigenvalue weighted by Crippen LogP contribution is 2.29.